The van der Waals surface area contributed by atoms with Crippen LogP contribution < -0.4 is 5.73 Å². The van der Waals surface area contributed by atoms with E-state index in [0.29, 0.717) is 12.5 Å². The molecule has 0 bridgehead atoms. The number of carbonyl (C=O) groups excluding carboxylic acids is 2. The lowest BCUT2D eigenvalue weighted by Crippen LogP contribution is -2.69. The van der Waals surface area contributed by atoms with E-state index in [-0.39, 0.29) is 17.5 Å². The summed E-state index contributed by atoms with van der Waals surface area (Å²) in [6.45, 7) is 7.60. The van der Waals surface area contributed by atoms with Crippen LogP contribution in [0, 0.1) is 5.92 Å². The molecule has 1 heterocycles. The number of nitrogens with zero attached hydrogens (tertiary/aromatic N) is 2. The molecular weight excluding hydrogens is 270 g/mol. The third kappa shape index (κ3) is 3.67. The number of ether oxygens (including phenoxy) is 1. The van der Waals surface area contributed by atoms with Crippen LogP contribution in [0.2, 0.25) is 0 Å². The highest BCUT2D eigenvalue weighted by Gasteiger charge is 2.56. The Kier molecular flexibility index (Phi) is 4.19. The number of amides is 2. The average molecular weight is 297 g/mol. The molecule has 1 saturated carbocycles. The van der Waals surface area contributed by atoms with Gasteiger partial charge in [-0.05, 0) is 53.0 Å². The number of rotatable bonds is 4. The SMILES string of the molecule is CN(CC(N)=O)CC1CC2(CCN2C(=O)OC(C)(C)C)C1. The molecule has 2 fully saturated rings. The third-order valence-corrected chi connectivity index (χ3v) is 4.32. The molecule has 0 aromatic rings. The van der Waals surface area contributed by atoms with Crippen LogP contribution in [0.5, 0.6) is 0 Å². The molecule has 2 aliphatic rings. The molecule has 1 aliphatic carbocycles. The van der Waals surface area contributed by atoms with Crippen molar-refractivity contribution in [3.05, 3.63) is 0 Å². The molecule has 0 unspecified atom stereocenters. The van der Waals surface area contributed by atoms with E-state index in [4.69, 9.17) is 10.5 Å². The molecule has 0 atom stereocenters. The summed E-state index contributed by atoms with van der Waals surface area (Å²) in [5, 5.41) is 0. The van der Waals surface area contributed by atoms with Gasteiger partial charge in [0.1, 0.15) is 5.60 Å². The predicted octanol–water partition coefficient (Wildman–Crippen LogP) is 1.19. The smallest absolute Gasteiger partial charge is 0.410 e. The van der Waals surface area contributed by atoms with E-state index in [1.165, 1.54) is 0 Å². The second kappa shape index (κ2) is 5.48. The molecule has 120 valence electrons. The zero-order valence-corrected chi connectivity index (χ0v) is 13.5. The number of likely N-dealkylation sites (N-methyl/N-ethyl adjacent to an activating group) is 1. The number of primary amides is 1. The van der Waals surface area contributed by atoms with Gasteiger partial charge < -0.3 is 15.4 Å². The standard InChI is InChI=1S/C15H27N3O3/c1-14(2,3)21-13(20)18-6-5-15(18)7-11(8-15)9-17(4)10-12(16)19/h11H,5-10H2,1-4H3,(H2,16,19). The van der Waals surface area contributed by atoms with Crippen LogP contribution in [0.1, 0.15) is 40.0 Å². The van der Waals surface area contributed by atoms with Crippen molar-refractivity contribution in [2.75, 3.05) is 26.7 Å². The van der Waals surface area contributed by atoms with Crippen molar-refractivity contribution >= 4 is 12.0 Å². The Hall–Kier alpha value is -1.30. The highest BCUT2D eigenvalue weighted by molar-refractivity contribution is 5.75. The van der Waals surface area contributed by atoms with Crippen LogP contribution in [0.4, 0.5) is 4.79 Å². The maximum atomic E-state index is 12.2. The van der Waals surface area contributed by atoms with Crippen molar-refractivity contribution in [1.29, 1.82) is 0 Å². The van der Waals surface area contributed by atoms with Crippen molar-refractivity contribution in [3.63, 3.8) is 0 Å². The number of nitrogens with two attached hydrogens (primary N) is 1. The van der Waals surface area contributed by atoms with Crippen LogP contribution in [0.3, 0.4) is 0 Å². The van der Waals surface area contributed by atoms with Crippen molar-refractivity contribution < 1.29 is 14.3 Å². The van der Waals surface area contributed by atoms with Gasteiger partial charge in [0.25, 0.3) is 0 Å². The largest absolute Gasteiger partial charge is 0.444 e. The topological polar surface area (TPSA) is 75.9 Å². The van der Waals surface area contributed by atoms with E-state index in [2.05, 4.69) is 0 Å². The Bertz CT molecular complexity index is 424. The summed E-state index contributed by atoms with van der Waals surface area (Å²) in [5.41, 5.74) is 4.76. The van der Waals surface area contributed by atoms with Crippen molar-refractivity contribution in [2.45, 2.75) is 51.2 Å². The number of hydrogen-bond donors (Lipinski definition) is 1. The minimum atomic E-state index is -0.446. The summed E-state index contributed by atoms with van der Waals surface area (Å²) < 4.78 is 5.46. The fraction of sp³-hybridized carbons (Fsp3) is 0.867. The summed E-state index contributed by atoms with van der Waals surface area (Å²) in [5.74, 6) is 0.227. The maximum Gasteiger partial charge on any atom is 0.410 e. The van der Waals surface area contributed by atoms with E-state index < -0.39 is 5.60 Å². The van der Waals surface area contributed by atoms with Crippen molar-refractivity contribution in [2.24, 2.45) is 11.7 Å². The summed E-state index contributed by atoms with van der Waals surface area (Å²) in [6.07, 6.45) is 2.85. The molecule has 21 heavy (non-hydrogen) atoms. The quantitative estimate of drug-likeness (QED) is 0.846. The molecule has 1 spiro atoms. The molecule has 1 aliphatic heterocycles. The van der Waals surface area contributed by atoms with Crippen LogP contribution in [0.25, 0.3) is 0 Å². The van der Waals surface area contributed by atoms with Gasteiger partial charge in [-0.2, -0.15) is 0 Å². The first-order valence-corrected chi connectivity index (χ1v) is 7.59. The Balaban J connectivity index is 1.79. The van der Waals surface area contributed by atoms with E-state index in [1.54, 1.807) is 0 Å². The summed E-state index contributed by atoms with van der Waals surface area (Å²) >= 11 is 0. The fourth-order valence-corrected chi connectivity index (χ4v) is 3.48. The minimum absolute atomic E-state index is 0.0144. The van der Waals surface area contributed by atoms with Crippen LogP contribution in [-0.2, 0) is 9.53 Å². The van der Waals surface area contributed by atoms with Gasteiger partial charge in [-0.15, -0.1) is 0 Å². The molecule has 6 nitrogen and oxygen atoms in total. The van der Waals surface area contributed by atoms with Gasteiger partial charge in [0, 0.05) is 18.6 Å². The lowest BCUT2D eigenvalue weighted by Gasteiger charge is -2.61. The number of likely N-dealkylation sites (tertiary alicyclic amines) is 1. The van der Waals surface area contributed by atoms with Gasteiger partial charge in [0.15, 0.2) is 0 Å². The molecule has 1 saturated heterocycles. The first-order valence-electron chi connectivity index (χ1n) is 7.59. The Morgan fingerprint density at radius 1 is 1.38 bits per heavy atom. The molecule has 2 amide bonds. The highest BCUT2D eigenvalue weighted by atomic mass is 16.6. The van der Waals surface area contributed by atoms with Crippen LogP contribution >= 0.6 is 0 Å². The molecule has 6 heteroatoms. The Labute approximate surface area is 126 Å². The summed E-state index contributed by atoms with van der Waals surface area (Å²) in [7, 11) is 1.90. The molecule has 0 aromatic heterocycles. The van der Waals surface area contributed by atoms with Crippen LogP contribution in [0.15, 0.2) is 0 Å². The van der Waals surface area contributed by atoms with E-state index in [0.717, 1.165) is 32.4 Å². The Morgan fingerprint density at radius 3 is 2.43 bits per heavy atom. The van der Waals surface area contributed by atoms with Gasteiger partial charge in [-0.25, -0.2) is 4.79 Å². The van der Waals surface area contributed by atoms with Gasteiger partial charge in [-0.1, -0.05) is 0 Å². The molecule has 2 N–H and O–H groups in total. The predicted molar refractivity (Wildman–Crippen MR) is 79.7 cm³/mol. The van der Waals surface area contributed by atoms with Gasteiger partial charge in [0.2, 0.25) is 5.91 Å². The van der Waals surface area contributed by atoms with Crippen molar-refractivity contribution in [3.8, 4) is 0 Å². The van der Waals surface area contributed by atoms with Crippen molar-refractivity contribution in [1.82, 2.24) is 9.80 Å². The van der Waals surface area contributed by atoms with E-state index in [9.17, 15) is 9.59 Å². The molecule has 2 rings (SSSR count). The second-order valence-electron chi connectivity index (χ2n) is 7.54. The number of carbonyl (C=O) groups is 2. The highest BCUT2D eigenvalue weighted by Crippen LogP contribution is 2.51. The zero-order chi connectivity index (χ0) is 15.8. The zero-order valence-electron chi connectivity index (χ0n) is 13.5. The molecule has 0 radical (unpaired) electrons. The van der Waals surface area contributed by atoms with E-state index >= 15 is 0 Å². The minimum Gasteiger partial charge on any atom is -0.444 e. The second-order valence-corrected chi connectivity index (χ2v) is 7.54. The van der Waals surface area contributed by atoms with Gasteiger partial charge in [-0.3, -0.25) is 9.69 Å². The molecular formula is C15H27N3O3. The monoisotopic (exact) mass is 297 g/mol. The maximum absolute atomic E-state index is 12.2. The summed E-state index contributed by atoms with van der Waals surface area (Å²) in [6, 6.07) is 0. The first-order chi connectivity index (χ1) is 9.61. The van der Waals surface area contributed by atoms with Gasteiger partial charge >= 0.3 is 6.09 Å². The fourth-order valence-electron chi connectivity index (χ4n) is 3.48. The average Bonchev–Trinajstić information content (AvgIpc) is 2.16. The normalized spacial score (nSPS) is 28.2. The van der Waals surface area contributed by atoms with E-state index in [1.807, 2.05) is 37.6 Å². The molecule has 0 aromatic carbocycles. The van der Waals surface area contributed by atoms with Gasteiger partial charge in [0.05, 0.1) is 6.54 Å². The lowest BCUT2D eigenvalue weighted by molar-refractivity contribution is -0.120. The summed E-state index contributed by atoms with van der Waals surface area (Å²) in [4.78, 5) is 26.9. The van der Waals surface area contributed by atoms with Crippen LogP contribution in [-0.4, -0.2) is 59.6 Å². The number of hydrogen-bond acceptors (Lipinski definition) is 4. The lowest BCUT2D eigenvalue weighted by atomic mass is 9.61. The third-order valence-electron chi connectivity index (χ3n) is 4.32. The Morgan fingerprint density at radius 2 is 2.00 bits per heavy atom. The first kappa shape index (κ1) is 16.1.